The van der Waals surface area contributed by atoms with E-state index >= 15 is 0 Å². The van der Waals surface area contributed by atoms with E-state index in [1.165, 1.54) is 6.42 Å². The molecule has 1 fully saturated rings. The summed E-state index contributed by atoms with van der Waals surface area (Å²) in [4.78, 5) is 16.6. The summed E-state index contributed by atoms with van der Waals surface area (Å²) < 4.78 is 0. The summed E-state index contributed by atoms with van der Waals surface area (Å²) >= 11 is 1.62. The number of benzene rings is 2. The molecule has 2 aromatic rings. The van der Waals surface area contributed by atoms with Gasteiger partial charge in [-0.2, -0.15) is 0 Å². The fraction of sp³-hybridized carbons (Fsp3) is 0.409. The average Bonchev–Trinajstić information content (AvgIpc) is 3.15. The van der Waals surface area contributed by atoms with Crippen molar-refractivity contribution in [2.45, 2.75) is 36.5 Å². The van der Waals surface area contributed by atoms with Gasteiger partial charge in [-0.25, -0.2) is 0 Å². The number of amides is 1. The predicted molar refractivity (Wildman–Crippen MR) is 109 cm³/mol. The molecule has 1 N–H and O–H groups in total. The zero-order valence-electron chi connectivity index (χ0n) is 15.6. The lowest BCUT2D eigenvalue weighted by Crippen LogP contribution is -2.34. The summed E-state index contributed by atoms with van der Waals surface area (Å²) in [7, 11) is 0. The van der Waals surface area contributed by atoms with Gasteiger partial charge in [0.05, 0.1) is 0 Å². The van der Waals surface area contributed by atoms with Crippen LogP contribution in [0.2, 0.25) is 0 Å². The second kappa shape index (κ2) is 9.24. The molecule has 3 rings (SSSR count). The monoisotopic (exact) mass is 368 g/mol. The van der Waals surface area contributed by atoms with Crippen molar-refractivity contribution in [1.82, 2.24) is 10.2 Å². The van der Waals surface area contributed by atoms with E-state index in [9.17, 15) is 4.79 Å². The van der Waals surface area contributed by atoms with Gasteiger partial charge in [0, 0.05) is 24.0 Å². The molecule has 26 heavy (non-hydrogen) atoms. The molecular weight excluding hydrogens is 340 g/mol. The molecule has 0 radical (unpaired) electrons. The second-order valence-corrected chi connectivity index (χ2v) is 8.39. The first-order valence-electron chi connectivity index (χ1n) is 9.42. The fourth-order valence-corrected chi connectivity index (χ4v) is 4.44. The number of carbonyl (C=O) groups is 1. The summed E-state index contributed by atoms with van der Waals surface area (Å²) in [5.41, 5.74) is 1.05. The van der Waals surface area contributed by atoms with Crippen LogP contribution in [-0.2, 0) is 4.79 Å². The Hall–Kier alpha value is -1.78. The Kier molecular flexibility index (Phi) is 6.75. The van der Waals surface area contributed by atoms with Crippen LogP contribution in [0.15, 0.2) is 65.6 Å². The van der Waals surface area contributed by atoms with Gasteiger partial charge >= 0.3 is 0 Å². The molecule has 1 aliphatic rings. The highest BCUT2D eigenvalue weighted by Gasteiger charge is 2.26. The van der Waals surface area contributed by atoms with E-state index < -0.39 is 0 Å². The molecule has 0 saturated carbocycles. The Morgan fingerprint density at radius 3 is 2.38 bits per heavy atom. The largest absolute Gasteiger partial charge is 0.355 e. The summed E-state index contributed by atoms with van der Waals surface area (Å²) in [5.74, 6) is 0.660. The minimum absolute atomic E-state index is 0.105. The first-order chi connectivity index (χ1) is 12.6. The van der Waals surface area contributed by atoms with Gasteiger partial charge in [0.1, 0.15) is 5.25 Å². The minimum atomic E-state index is -0.221. The summed E-state index contributed by atoms with van der Waals surface area (Å²) in [6, 6.07) is 20.8. The smallest absolute Gasteiger partial charge is 0.238 e. The van der Waals surface area contributed by atoms with E-state index in [-0.39, 0.29) is 11.2 Å². The number of thioether (sulfide) groups is 1. The fourth-order valence-electron chi connectivity index (χ4n) is 3.37. The van der Waals surface area contributed by atoms with E-state index in [4.69, 9.17) is 0 Å². The standard InChI is InChI=1S/C22H28N2OS/c1-17(2)24-14-13-18(16-24)15-23-22(25)21(19-9-5-3-6-10-19)26-20-11-7-4-8-12-20/h3-12,17-18,21H,13-16H2,1-2H3,(H,23,25)/t18-,21-/m1/s1. The van der Waals surface area contributed by atoms with Crippen LogP contribution in [0.4, 0.5) is 0 Å². The number of rotatable bonds is 7. The van der Waals surface area contributed by atoms with Crippen LogP contribution in [0.1, 0.15) is 31.1 Å². The van der Waals surface area contributed by atoms with Crippen molar-refractivity contribution in [2.75, 3.05) is 19.6 Å². The van der Waals surface area contributed by atoms with E-state index in [1.807, 2.05) is 48.5 Å². The third-order valence-electron chi connectivity index (χ3n) is 4.95. The molecular formula is C22H28N2OS. The lowest BCUT2D eigenvalue weighted by molar-refractivity contribution is -0.120. The van der Waals surface area contributed by atoms with Gasteiger partial charge in [-0.3, -0.25) is 4.79 Å². The lowest BCUT2D eigenvalue weighted by atomic mass is 10.1. The normalized spacial score (nSPS) is 18.8. The highest BCUT2D eigenvalue weighted by Crippen LogP contribution is 2.35. The average molecular weight is 369 g/mol. The van der Waals surface area contributed by atoms with Crippen LogP contribution >= 0.6 is 11.8 Å². The first kappa shape index (κ1) is 19.0. The Labute approximate surface area is 161 Å². The zero-order valence-corrected chi connectivity index (χ0v) is 16.4. The number of carbonyl (C=O) groups excluding carboxylic acids is 1. The Morgan fingerprint density at radius 2 is 1.77 bits per heavy atom. The number of nitrogens with zero attached hydrogens (tertiary/aromatic N) is 1. The minimum Gasteiger partial charge on any atom is -0.355 e. The van der Waals surface area contributed by atoms with Crippen molar-refractivity contribution in [1.29, 1.82) is 0 Å². The van der Waals surface area contributed by atoms with Gasteiger partial charge in [-0.15, -0.1) is 11.8 Å². The zero-order chi connectivity index (χ0) is 18.4. The molecule has 2 aromatic carbocycles. The molecule has 0 spiro atoms. The third kappa shape index (κ3) is 5.12. The number of hydrogen-bond donors (Lipinski definition) is 1. The molecule has 1 amide bonds. The second-order valence-electron chi connectivity index (χ2n) is 7.21. The van der Waals surface area contributed by atoms with Crippen molar-refractivity contribution >= 4 is 17.7 Å². The molecule has 0 unspecified atom stereocenters. The first-order valence-corrected chi connectivity index (χ1v) is 10.3. The predicted octanol–water partition coefficient (Wildman–Crippen LogP) is 4.37. The Morgan fingerprint density at radius 1 is 1.12 bits per heavy atom. The van der Waals surface area contributed by atoms with Crippen molar-refractivity contribution in [3.8, 4) is 0 Å². The molecule has 2 atom stereocenters. The molecule has 138 valence electrons. The maximum absolute atomic E-state index is 13.0. The van der Waals surface area contributed by atoms with Crippen LogP contribution in [0.5, 0.6) is 0 Å². The maximum Gasteiger partial charge on any atom is 0.238 e. The van der Waals surface area contributed by atoms with Crippen molar-refractivity contribution in [3.05, 3.63) is 66.2 Å². The Balaban J connectivity index is 1.64. The lowest BCUT2D eigenvalue weighted by Gasteiger charge is -2.21. The van der Waals surface area contributed by atoms with Crippen LogP contribution in [0, 0.1) is 5.92 Å². The van der Waals surface area contributed by atoms with E-state index in [0.29, 0.717) is 12.0 Å². The highest BCUT2D eigenvalue weighted by molar-refractivity contribution is 8.00. The van der Waals surface area contributed by atoms with Gasteiger partial charge in [-0.1, -0.05) is 48.5 Å². The van der Waals surface area contributed by atoms with Crippen molar-refractivity contribution < 1.29 is 4.79 Å². The highest BCUT2D eigenvalue weighted by atomic mass is 32.2. The molecule has 0 bridgehead atoms. The van der Waals surface area contributed by atoms with Crippen LogP contribution in [0.25, 0.3) is 0 Å². The summed E-state index contributed by atoms with van der Waals surface area (Å²) in [6.45, 7) is 7.46. The summed E-state index contributed by atoms with van der Waals surface area (Å²) in [5, 5.41) is 3.00. The molecule has 4 heteroatoms. The number of hydrogen-bond acceptors (Lipinski definition) is 3. The van der Waals surface area contributed by atoms with Crippen LogP contribution in [-0.4, -0.2) is 36.5 Å². The van der Waals surface area contributed by atoms with Crippen LogP contribution < -0.4 is 5.32 Å². The van der Waals surface area contributed by atoms with Crippen molar-refractivity contribution in [2.24, 2.45) is 5.92 Å². The van der Waals surface area contributed by atoms with Crippen LogP contribution in [0.3, 0.4) is 0 Å². The van der Waals surface area contributed by atoms with Gasteiger partial charge in [0.25, 0.3) is 0 Å². The van der Waals surface area contributed by atoms with Gasteiger partial charge in [0.15, 0.2) is 0 Å². The number of likely N-dealkylation sites (tertiary alicyclic amines) is 1. The van der Waals surface area contributed by atoms with Gasteiger partial charge < -0.3 is 10.2 Å². The molecule has 0 aromatic heterocycles. The maximum atomic E-state index is 13.0. The Bertz CT molecular complexity index is 690. The molecule has 3 nitrogen and oxygen atoms in total. The third-order valence-corrected chi connectivity index (χ3v) is 6.22. The van der Waals surface area contributed by atoms with Gasteiger partial charge in [0.2, 0.25) is 5.91 Å². The molecule has 1 saturated heterocycles. The van der Waals surface area contributed by atoms with E-state index in [1.54, 1.807) is 11.8 Å². The SMILES string of the molecule is CC(C)N1CC[C@H](CNC(=O)[C@H](Sc2ccccc2)c2ccccc2)C1. The topological polar surface area (TPSA) is 32.3 Å². The molecule has 1 heterocycles. The van der Waals surface area contributed by atoms with E-state index in [2.05, 4.69) is 36.2 Å². The van der Waals surface area contributed by atoms with Crippen molar-refractivity contribution in [3.63, 3.8) is 0 Å². The molecule has 1 aliphatic heterocycles. The van der Waals surface area contributed by atoms with Gasteiger partial charge in [-0.05, 0) is 50.4 Å². The quantitative estimate of drug-likeness (QED) is 0.737. The number of nitrogens with one attached hydrogen (secondary N) is 1. The summed E-state index contributed by atoms with van der Waals surface area (Å²) in [6.07, 6.45) is 1.17. The molecule has 0 aliphatic carbocycles. The van der Waals surface area contributed by atoms with E-state index in [0.717, 1.165) is 30.1 Å².